The Labute approximate surface area is 108 Å². The zero-order chi connectivity index (χ0) is 12.4. The third-order valence-electron chi connectivity index (χ3n) is 3.44. The van der Waals surface area contributed by atoms with E-state index in [1.54, 1.807) is 6.07 Å². The van der Waals surface area contributed by atoms with Crippen molar-refractivity contribution >= 4 is 15.9 Å². The lowest BCUT2D eigenvalue weighted by Crippen LogP contribution is -2.31. The molecule has 2 rings (SSSR count). The minimum Gasteiger partial charge on any atom is -0.271 e. The van der Waals surface area contributed by atoms with Gasteiger partial charge in [-0.3, -0.25) is 11.3 Å². The minimum absolute atomic E-state index is 0.134. The van der Waals surface area contributed by atoms with Crippen molar-refractivity contribution in [2.45, 2.75) is 31.7 Å². The van der Waals surface area contributed by atoms with Crippen LogP contribution in [0.25, 0.3) is 0 Å². The Morgan fingerprint density at radius 3 is 2.65 bits per heavy atom. The Morgan fingerprint density at radius 2 is 2.12 bits per heavy atom. The fourth-order valence-corrected chi connectivity index (χ4v) is 2.75. The van der Waals surface area contributed by atoms with Crippen molar-refractivity contribution in [1.82, 2.24) is 5.43 Å². The SMILES string of the molecule is NNC(CC1CCC1)c1ccc(F)c(F)c1Br. The maximum atomic E-state index is 13.4. The van der Waals surface area contributed by atoms with Crippen molar-refractivity contribution in [1.29, 1.82) is 0 Å². The van der Waals surface area contributed by atoms with Crippen LogP contribution in [0.2, 0.25) is 0 Å². The molecule has 0 heterocycles. The van der Waals surface area contributed by atoms with Crippen molar-refractivity contribution in [2.24, 2.45) is 11.8 Å². The Morgan fingerprint density at radius 1 is 1.41 bits per heavy atom. The maximum Gasteiger partial charge on any atom is 0.173 e. The average molecular weight is 305 g/mol. The molecular formula is C12H15BrF2N2. The van der Waals surface area contributed by atoms with E-state index in [0.29, 0.717) is 11.5 Å². The molecule has 3 N–H and O–H groups in total. The molecule has 17 heavy (non-hydrogen) atoms. The van der Waals surface area contributed by atoms with Gasteiger partial charge in [0, 0.05) is 6.04 Å². The van der Waals surface area contributed by atoms with Gasteiger partial charge in [0.1, 0.15) is 0 Å². The first-order valence-corrected chi connectivity index (χ1v) is 6.52. The molecule has 94 valence electrons. The molecule has 1 unspecified atom stereocenters. The fraction of sp³-hybridized carbons (Fsp3) is 0.500. The van der Waals surface area contributed by atoms with E-state index >= 15 is 0 Å². The van der Waals surface area contributed by atoms with Gasteiger partial charge in [-0.15, -0.1) is 0 Å². The first-order valence-electron chi connectivity index (χ1n) is 5.73. The number of hydrazine groups is 1. The number of nitrogens with one attached hydrogen (secondary N) is 1. The van der Waals surface area contributed by atoms with E-state index in [9.17, 15) is 8.78 Å². The van der Waals surface area contributed by atoms with E-state index in [4.69, 9.17) is 5.84 Å². The lowest BCUT2D eigenvalue weighted by atomic mass is 9.80. The molecule has 1 saturated carbocycles. The highest BCUT2D eigenvalue weighted by molar-refractivity contribution is 9.10. The lowest BCUT2D eigenvalue weighted by molar-refractivity contribution is 0.261. The number of nitrogens with two attached hydrogens (primary N) is 1. The van der Waals surface area contributed by atoms with E-state index < -0.39 is 11.6 Å². The monoisotopic (exact) mass is 304 g/mol. The average Bonchev–Trinajstić information content (AvgIpc) is 2.27. The van der Waals surface area contributed by atoms with Gasteiger partial charge in [0.05, 0.1) is 4.47 Å². The first kappa shape index (κ1) is 12.9. The quantitative estimate of drug-likeness (QED) is 0.508. The summed E-state index contributed by atoms with van der Waals surface area (Å²) in [6, 6.07) is 2.58. The van der Waals surface area contributed by atoms with Crippen molar-refractivity contribution in [3.63, 3.8) is 0 Å². The second-order valence-corrected chi connectivity index (χ2v) is 5.31. The smallest absolute Gasteiger partial charge is 0.173 e. The molecule has 0 radical (unpaired) electrons. The summed E-state index contributed by atoms with van der Waals surface area (Å²) in [6.07, 6.45) is 4.50. The van der Waals surface area contributed by atoms with Crippen LogP contribution in [0.3, 0.4) is 0 Å². The number of benzene rings is 1. The number of hydrogen-bond acceptors (Lipinski definition) is 2. The van der Waals surface area contributed by atoms with Crippen molar-refractivity contribution < 1.29 is 8.78 Å². The molecule has 0 amide bonds. The number of rotatable bonds is 4. The summed E-state index contributed by atoms with van der Waals surface area (Å²) < 4.78 is 26.6. The molecule has 0 spiro atoms. The van der Waals surface area contributed by atoms with Crippen molar-refractivity contribution in [3.05, 3.63) is 33.8 Å². The van der Waals surface area contributed by atoms with Crippen LogP contribution in [-0.2, 0) is 0 Å². The van der Waals surface area contributed by atoms with Crippen LogP contribution in [0.1, 0.15) is 37.3 Å². The first-order chi connectivity index (χ1) is 8.13. The van der Waals surface area contributed by atoms with Gasteiger partial charge in [-0.2, -0.15) is 0 Å². The van der Waals surface area contributed by atoms with Gasteiger partial charge >= 0.3 is 0 Å². The van der Waals surface area contributed by atoms with Gasteiger partial charge in [0.25, 0.3) is 0 Å². The second kappa shape index (κ2) is 5.42. The Balaban J connectivity index is 2.20. The van der Waals surface area contributed by atoms with Gasteiger partial charge in [0.2, 0.25) is 0 Å². The fourth-order valence-electron chi connectivity index (χ4n) is 2.16. The van der Waals surface area contributed by atoms with Crippen molar-refractivity contribution in [3.8, 4) is 0 Å². The topological polar surface area (TPSA) is 38.0 Å². The van der Waals surface area contributed by atoms with E-state index in [2.05, 4.69) is 21.4 Å². The normalized spacial score (nSPS) is 17.9. The molecule has 0 bridgehead atoms. The van der Waals surface area contributed by atoms with Gasteiger partial charge < -0.3 is 0 Å². The molecule has 0 aliphatic heterocycles. The molecule has 1 aromatic rings. The van der Waals surface area contributed by atoms with E-state index in [1.807, 2.05) is 0 Å². The number of halogens is 3. The van der Waals surface area contributed by atoms with Crippen LogP contribution in [-0.4, -0.2) is 0 Å². The van der Waals surface area contributed by atoms with Crippen LogP contribution in [0, 0.1) is 17.6 Å². The molecule has 2 nitrogen and oxygen atoms in total. The van der Waals surface area contributed by atoms with Gasteiger partial charge in [0.15, 0.2) is 11.6 Å². The molecule has 1 aliphatic rings. The summed E-state index contributed by atoms with van der Waals surface area (Å²) in [5.74, 6) is 4.44. The van der Waals surface area contributed by atoms with Crippen LogP contribution in [0.4, 0.5) is 8.78 Å². The van der Waals surface area contributed by atoms with Gasteiger partial charge in [-0.25, -0.2) is 8.78 Å². The van der Waals surface area contributed by atoms with Gasteiger partial charge in [-0.05, 0) is 39.9 Å². The third kappa shape index (κ3) is 2.67. The van der Waals surface area contributed by atoms with Gasteiger partial charge in [-0.1, -0.05) is 25.3 Å². The van der Waals surface area contributed by atoms with Crippen molar-refractivity contribution in [2.75, 3.05) is 0 Å². The maximum absolute atomic E-state index is 13.4. The zero-order valence-electron chi connectivity index (χ0n) is 9.35. The predicted molar refractivity (Wildman–Crippen MR) is 66.1 cm³/mol. The van der Waals surface area contributed by atoms with Crippen LogP contribution >= 0.6 is 15.9 Å². The molecule has 5 heteroatoms. The summed E-state index contributed by atoms with van der Waals surface area (Å²) >= 11 is 3.09. The molecule has 0 aromatic heterocycles. The van der Waals surface area contributed by atoms with Crippen LogP contribution in [0.5, 0.6) is 0 Å². The summed E-state index contributed by atoms with van der Waals surface area (Å²) in [5, 5.41) is 0. The highest BCUT2D eigenvalue weighted by Crippen LogP contribution is 2.37. The number of hydrogen-bond donors (Lipinski definition) is 2. The highest BCUT2D eigenvalue weighted by Gasteiger charge is 2.25. The summed E-state index contributed by atoms with van der Waals surface area (Å²) in [6.45, 7) is 0. The highest BCUT2D eigenvalue weighted by atomic mass is 79.9. The largest absolute Gasteiger partial charge is 0.271 e. The molecule has 1 aromatic carbocycles. The van der Waals surface area contributed by atoms with E-state index in [1.165, 1.54) is 19.3 Å². The molecule has 1 aliphatic carbocycles. The Kier molecular flexibility index (Phi) is 4.12. The summed E-state index contributed by atoms with van der Waals surface area (Å²) in [4.78, 5) is 0. The Bertz CT molecular complexity index is 408. The zero-order valence-corrected chi connectivity index (χ0v) is 10.9. The molecule has 1 fully saturated rings. The molecular weight excluding hydrogens is 290 g/mol. The minimum atomic E-state index is -0.851. The Hall–Kier alpha value is -0.520. The van der Waals surface area contributed by atoms with Crippen LogP contribution in [0.15, 0.2) is 16.6 Å². The van der Waals surface area contributed by atoms with E-state index in [0.717, 1.165) is 12.5 Å². The summed E-state index contributed by atoms with van der Waals surface area (Å²) in [7, 11) is 0. The van der Waals surface area contributed by atoms with Crippen LogP contribution < -0.4 is 11.3 Å². The summed E-state index contributed by atoms with van der Waals surface area (Å²) in [5.41, 5.74) is 3.36. The molecule has 0 saturated heterocycles. The lowest BCUT2D eigenvalue weighted by Gasteiger charge is -2.30. The second-order valence-electron chi connectivity index (χ2n) is 4.52. The molecule has 1 atom stereocenters. The predicted octanol–water partition coefficient (Wildman–Crippen LogP) is 3.42. The third-order valence-corrected chi connectivity index (χ3v) is 4.24. The van der Waals surface area contributed by atoms with E-state index in [-0.39, 0.29) is 10.5 Å². The standard InChI is InChI=1S/C12H15BrF2N2/c13-11-8(4-5-9(14)12(11)15)10(17-16)6-7-2-1-3-7/h4-5,7,10,17H,1-3,6,16H2.